The molecule has 0 aliphatic rings. The number of fused-ring (bicyclic) bond motifs is 1. The fourth-order valence-corrected chi connectivity index (χ4v) is 4.37. The van der Waals surface area contributed by atoms with E-state index in [1.54, 1.807) is 42.6 Å². The normalized spacial score (nSPS) is 11.7. The number of anilines is 1. The highest BCUT2D eigenvalue weighted by atomic mass is 32.1. The van der Waals surface area contributed by atoms with Gasteiger partial charge in [-0.3, -0.25) is 14.5 Å². The van der Waals surface area contributed by atoms with Gasteiger partial charge in [0.25, 0.3) is 5.91 Å². The van der Waals surface area contributed by atoms with E-state index in [1.165, 1.54) is 23.7 Å². The van der Waals surface area contributed by atoms with Crippen molar-refractivity contribution >= 4 is 33.8 Å². The molecule has 35 heavy (non-hydrogen) atoms. The lowest BCUT2D eigenvalue weighted by Gasteiger charge is -2.11. The quantitative estimate of drug-likeness (QED) is 0.337. The van der Waals surface area contributed by atoms with Crippen LogP contribution in [-0.4, -0.2) is 37.0 Å². The molecule has 2 aromatic carbocycles. The van der Waals surface area contributed by atoms with Crippen LogP contribution in [0.25, 0.3) is 32.6 Å². The summed E-state index contributed by atoms with van der Waals surface area (Å²) < 4.78 is 39.0. The number of halogens is 3. The van der Waals surface area contributed by atoms with Crippen molar-refractivity contribution in [3.8, 4) is 21.7 Å². The number of alkyl halides is 3. The van der Waals surface area contributed by atoms with Gasteiger partial charge in [0, 0.05) is 34.5 Å². The molecule has 0 atom stereocenters. The van der Waals surface area contributed by atoms with Gasteiger partial charge >= 0.3 is 6.18 Å². The molecule has 0 radical (unpaired) electrons. The summed E-state index contributed by atoms with van der Waals surface area (Å²) in [5.74, 6) is -0.317. The molecule has 0 bridgehead atoms. The van der Waals surface area contributed by atoms with E-state index in [0.717, 1.165) is 20.3 Å². The first kappa shape index (κ1) is 22.7. The van der Waals surface area contributed by atoms with Gasteiger partial charge in [-0.15, -0.1) is 10.2 Å². The Bertz CT molecular complexity index is 1520. The van der Waals surface area contributed by atoms with Crippen LogP contribution in [0.1, 0.15) is 15.4 Å². The number of amides is 1. The molecule has 0 unspecified atom stereocenters. The first-order valence-corrected chi connectivity index (χ1v) is 11.3. The first-order chi connectivity index (χ1) is 16.8. The molecule has 3 heterocycles. The summed E-state index contributed by atoms with van der Waals surface area (Å²) in [6, 6.07) is 14.0. The van der Waals surface area contributed by atoms with Crippen molar-refractivity contribution in [2.45, 2.75) is 19.6 Å². The number of aromatic nitrogens is 5. The third-order valence-corrected chi connectivity index (χ3v) is 6.11. The molecule has 0 fully saturated rings. The number of pyridine rings is 1. The molecule has 3 aromatic heterocycles. The van der Waals surface area contributed by atoms with E-state index in [2.05, 4.69) is 25.6 Å². The Hall–Kier alpha value is -4.12. The van der Waals surface area contributed by atoms with Crippen LogP contribution < -0.4 is 5.32 Å². The molecule has 5 rings (SSSR count). The molecule has 0 aliphatic carbocycles. The minimum absolute atomic E-state index is 0.317. The molecule has 176 valence electrons. The fraction of sp³-hybridized carbons (Fsp3) is 0.125. The lowest BCUT2D eigenvalue weighted by atomic mass is 10.0. The van der Waals surface area contributed by atoms with Gasteiger partial charge in [0.15, 0.2) is 0 Å². The monoisotopic (exact) mass is 494 g/mol. The van der Waals surface area contributed by atoms with Crippen LogP contribution in [0.2, 0.25) is 0 Å². The lowest BCUT2D eigenvalue weighted by Crippen LogP contribution is -2.17. The lowest BCUT2D eigenvalue weighted by molar-refractivity contribution is -0.142. The Kier molecular flexibility index (Phi) is 5.77. The largest absolute Gasteiger partial charge is 0.408 e. The summed E-state index contributed by atoms with van der Waals surface area (Å²) >= 11 is 1.47. The Labute approximate surface area is 201 Å². The van der Waals surface area contributed by atoms with E-state index in [0.29, 0.717) is 33.3 Å². The van der Waals surface area contributed by atoms with Crippen LogP contribution in [0.15, 0.2) is 67.1 Å². The highest BCUT2D eigenvalue weighted by molar-refractivity contribution is 7.14. The predicted molar refractivity (Wildman–Crippen MR) is 127 cm³/mol. The van der Waals surface area contributed by atoms with E-state index < -0.39 is 12.7 Å². The average molecular weight is 495 g/mol. The van der Waals surface area contributed by atoms with Crippen LogP contribution in [-0.2, 0) is 6.54 Å². The van der Waals surface area contributed by atoms with Gasteiger partial charge in [-0.1, -0.05) is 35.6 Å². The Balaban J connectivity index is 1.41. The first-order valence-electron chi connectivity index (χ1n) is 10.5. The summed E-state index contributed by atoms with van der Waals surface area (Å²) in [5, 5.41) is 17.1. The number of carbonyl (C=O) groups is 1. The van der Waals surface area contributed by atoms with E-state index in [4.69, 9.17) is 0 Å². The molecule has 0 saturated carbocycles. The molecule has 1 amide bonds. The Morgan fingerprint density at radius 1 is 1.06 bits per heavy atom. The van der Waals surface area contributed by atoms with Crippen LogP contribution in [0.5, 0.6) is 0 Å². The molecule has 0 spiro atoms. The number of hydrogen-bond donors (Lipinski definition) is 1. The van der Waals surface area contributed by atoms with Crippen LogP contribution in [0.3, 0.4) is 0 Å². The summed E-state index contributed by atoms with van der Waals surface area (Å²) in [5.41, 5.74) is 3.51. The SMILES string of the molecule is Cc1nnc(-c2ccc(C(=O)Nc3cccc4c(-c5cnn(CC(F)(F)F)c5)ccnc34)cc2)s1. The molecule has 11 heteroatoms. The fourth-order valence-electron chi connectivity index (χ4n) is 3.67. The van der Waals surface area contributed by atoms with Crippen molar-refractivity contribution in [3.63, 3.8) is 0 Å². The van der Waals surface area contributed by atoms with Gasteiger partial charge in [0.1, 0.15) is 16.6 Å². The third-order valence-electron chi connectivity index (χ3n) is 5.22. The zero-order valence-corrected chi connectivity index (χ0v) is 19.1. The molecular formula is C24H17F3N6OS. The van der Waals surface area contributed by atoms with Crippen molar-refractivity contribution < 1.29 is 18.0 Å². The number of carbonyl (C=O) groups excluding carboxylic acids is 1. The Morgan fingerprint density at radius 2 is 1.86 bits per heavy atom. The number of aryl methyl sites for hydroxylation is 1. The van der Waals surface area contributed by atoms with Crippen molar-refractivity contribution in [1.29, 1.82) is 0 Å². The minimum atomic E-state index is -4.37. The van der Waals surface area contributed by atoms with Crippen molar-refractivity contribution in [1.82, 2.24) is 25.0 Å². The highest BCUT2D eigenvalue weighted by Gasteiger charge is 2.28. The number of nitrogens with zero attached hydrogens (tertiary/aromatic N) is 5. The maximum absolute atomic E-state index is 12.9. The molecule has 7 nitrogen and oxygen atoms in total. The number of benzene rings is 2. The molecule has 1 N–H and O–H groups in total. The van der Waals surface area contributed by atoms with E-state index >= 15 is 0 Å². The van der Waals surface area contributed by atoms with Gasteiger partial charge in [-0.25, -0.2) is 0 Å². The second-order valence-corrected chi connectivity index (χ2v) is 8.94. The van der Waals surface area contributed by atoms with E-state index in [1.807, 2.05) is 19.1 Å². The van der Waals surface area contributed by atoms with Crippen LogP contribution >= 0.6 is 11.3 Å². The van der Waals surface area contributed by atoms with Crippen molar-refractivity contribution in [2.24, 2.45) is 0 Å². The van der Waals surface area contributed by atoms with Gasteiger partial charge in [-0.2, -0.15) is 18.3 Å². The molecule has 5 aromatic rings. The van der Waals surface area contributed by atoms with E-state index in [-0.39, 0.29) is 5.91 Å². The van der Waals surface area contributed by atoms with Gasteiger partial charge in [-0.05, 0) is 36.8 Å². The zero-order chi connectivity index (χ0) is 24.6. The molecule has 0 saturated heterocycles. The highest BCUT2D eigenvalue weighted by Crippen LogP contribution is 2.32. The standard InChI is InChI=1S/C24H17F3N6OS/c1-14-31-32-23(35-14)16-7-5-15(6-8-16)22(34)30-20-4-2-3-19-18(9-10-28-21(19)20)17-11-29-33(12-17)13-24(25,26)27/h2-12H,13H2,1H3,(H,30,34). The third kappa shape index (κ3) is 4.90. The maximum Gasteiger partial charge on any atom is 0.408 e. The second-order valence-electron chi connectivity index (χ2n) is 7.76. The van der Waals surface area contributed by atoms with Gasteiger partial charge in [0.2, 0.25) is 0 Å². The predicted octanol–water partition coefficient (Wildman–Crippen LogP) is 5.74. The summed E-state index contributed by atoms with van der Waals surface area (Å²) in [4.78, 5) is 17.3. The minimum Gasteiger partial charge on any atom is -0.320 e. The van der Waals surface area contributed by atoms with Gasteiger partial charge in [0.05, 0.1) is 17.4 Å². The number of rotatable bonds is 5. The van der Waals surface area contributed by atoms with E-state index in [9.17, 15) is 18.0 Å². The smallest absolute Gasteiger partial charge is 0.320 e. The van der Waals surface area contributed by atoms with Crippen molar-refractivity contribution in [3.05, 3.63) is 77.7 Å². The van der Waals surface area contributed by atoms with Crippen molar-refractivity contribution in [2.75, 3.05) is 5.32 Å². The van der Waals surface area contributed by atoms with Gasteiger partial charge < -0.3 is 5.32 Å². The molecular weight excluding hydrogens is 477 g/mol. The number of hydrogen-bond acceptors (Lipinski definition) is 6. The summed E-state index contributed by atoms with van der Waals surface area (Å²) in [7, 11) is 0. The average Bonchev–Trinajstić information content (AvgIpc) is 3.47. The Morgan fingerprint density at radius 3 is 2.57 bits per heavy atom. The molecule has 0 aliphatic heterocycles. The topological polar surface area (TPSA) is 85.6 Å². The van der Waals surface area contributed by atoms with Crippen LogP contribution in [0, 0.1) is 6.92 Å². The summed E-state index contributed by atoms with van der Waals surface area (Å²) in [6.45, 7) is 0.704. The summed E-state index contributed by atoms with van der Waals surface area (Å²) in [6.07, 6.45) is -0.0933. The maximum atomic E-state index is 12.9. The zero-order valence-electron chi connectivity index (χ0n) is 18.2. The number of para-hydroxylation sites is 1. The second kappa shape index (κ2) is 8.91. The van der Waals surface area contributed by atoms with Crippen LogP contribution in [0.4, 0.5) is 18.9 Å². The number of nitrogens with one attached hydrogen (secondary N) is 1.